The van der Waals surface area contributed by atoms with Gasteiger partial charge in [0, 0.05) is 24.8 Å². The minimum absolute atomic E-state index is 0.0205. The molecule has 0 bridgehead atoms. The third-order valence-electron chi connectivity index (χ3n) is 6.76. The van der Waals surface area contributed by atoms with E-state index in [1.807, 2.05) is 11.8 Å². The van der Waals surface area contributed by atoms with Gasteiger partial charge in [-0.25, -0.2) is 8.78 Å². The molecular formula is C25H22F2N4O3. The summed E-state index contributed by atoms with van der Waals surface area (Å²) in [5, 5.41) is 11.9. The van der Waals surface area contributed by atoms with Crippen molar-refractivity contribution >= 4 is 27.5 Å². The number of halogens is 2. The van der Waals surface area contributed by atoms with Crippen LogP contribution in [-0.4, -0.2) is 53.5 Å². The smallest absolute Gasteiger partial charge is 0.318 e. The quantitative estimate of drug-likeness (QED) is 0.484. The molecule has 4 aromatic rings. The van der Waals surface area contributed by atoms with Gasteiger partial charge in [0.1, 0.15) is 28.6 Å². The van der Waals surface area contributed by atoms with Gasteiger partial charge in [0.25, 0.3) is 0 Å². The van der Waals surface area contributed by atoms with Crippen molar-refractivity contribution in [1.82, 2.24) is 15.0 Å². The second kappa shape index (κ2) is 7.46. The molecule has 2 fully saturated rings. The molecule has 0 aliphatic carbocycles. The zero-order valence-corrected chi connectivity index (χ0v) is 18.7. The van der Waals surface area contributed by atoms with Gasteiger partial charge in [-0.1, -0.05) is 13.0 Å². The summed E-state index contributed by atoms with van der Waals surface area (Å²) in [6.07, 6.45) is 1.93. The van der Waals surface area contributed by atoms with Crippen LogP contribution in [0.3, 0.4) is 0 Å². The lowest BCUT2D eigenvalue weighted by molar-refractivity contribution is -0.127. The number of aromatic nitrogens is 3. The van der Waals surface area contributed by atoms with Gasteiger partial charge in [-0.15, -0.1) is 0 Å². The highest BCUT2D eigenvalue weighted by molar-refractivity contribution is 6.01. The molecular weight excluding hydrogens is 442 g/mol. The van der Waals surface area contributed by atoms with Crippen molar-refractivity contribution in [3.05, 3.63) is 47.7 Å². The van der Waals surface area contributed by atoms with Gasteiger partial charge in [-0.2, -0.15) is 9.97 Å². The fraction of sp³-hybridized carbons (Fsp3) is 0.320. The summed E-state index contributed by atoms with van der Waals surface area (Å²) < 4.78 is 41.3. The number of ether oxygens (including phenoxy) is 2. The lowest BCUT2D eigenvalue weighted by Gasteiger charge is -2.55. The second-order valence-corrected chi connectivity index (χ2v) is 9.04. The Bertz CT molecular complexity index is 1460. The molecule has 2 saturated heterocycles. The molecule has 0 radical (unpaired) electrons. The first kappa shape index (κ1) is 21.0. The summed E-state index contributed by atoms with van der Waals surface area (Å²) in [6.45, 7) is 4.75. The van der Waals surface area contributed by atoms with E-state index in [4.69, 9.17) is 9.47 Å². The Balaban J connectivity index is 1.57. The van der Waals surface area contributed by atoms with Crippen LogP contribution in [0.15, 0.2) is 30.5 Å². The summed E-state index contributed by atoms with van der Waals surface area (Å²) in [7, 11) is 1.43. The first-order chi connectivity index (χ1) is 16.4. The first-order valence-corrected chi connectivity index (χ1v) is 11.1. The molecule has 2 aromatic heterocycles. The summed E-state index contributed by atoms with van der Waals surface area (Å²) in [5.41, 5.74) is 0.914. The zero-order chi connectivity index (χ0) is 23.6. The number of benzene rings is 2. The van der Waals surface area contributed by atoms with Gasteiger partial charge in [0.2, 0.25) is 0 Å². The van der Waals surface area contributed by atoms with E-state index >= 15 is 4.39 Å². The highest BCUT2D eigenvalue weighted by atomic mass is 19.1. The van der Waals surface area contributed by atoms with Gasteiger partial charge in [0.15, 0.2) is 5.82 Å². The average Bonchev–Trinajstić information content (AvgIpc) is 2.77. The monoisotopic (exact) mass is 464 g/mol. The van der Waals surface area contributed by atoms with Crippen molar-refractivity contribution in [2.75, 3.05) is 38.3 Å². The van der Waals surface area contributed by atoms with E-state index in [9.17, 15) is 9.50 Å². The van der Waals surface area contributed by atoms with Gasteiger partial charge in [-0.3, -0.25) is 4.98 Å². The molecule has 9 heteroatoms. The van der Waals surface area contributed by atoms with Crippen LogP contribution < -0.4 is 9.64 Å². The molecule has 2 aliphatic rings. The third-order valence-corrected chi connectivity index (χ3v) is 6.76. The van der Waals surface area contributed by atoms with Crippen molar-refractivity contribution in [2.24, 2.45) is 5.41 Å². The molecule has 1 N–H and O–H groups in total. The van der Waals surface area contributed by atoms with E-state index in [-0.39, 0.29) is 34.2 Å². The maximum atomic E-state index is 16.0. The predicted octanol–water partition coefficient (Wildman–Crippen LogP) is 4.24. The summed E-state index contributed by atoms with van der Waals surface area (Å²) >= 11 is 0. The molecule has 6 rings (SSSR count). The molecule has 0 amide bonds. The minimum atomic E-state index is -0.681. The SMILES string of the molecule is CCc1c(F)ccc2cc(O)cc(-c3ncc4c(N5CC6(COC6)C5)nc(OC)nc4c3F)c12. The highest BCUT2D eigenvalue weighted by Gasteiger charge is 2.50. The van der Waals surface area contributed by atoms with E-state index in [2.05, 4.69) is 15.0 Å². The van der Waals surface area contributed by atoms with Crippen molar-refractivity contribution in [2.45, 2.75) is 13.3 Å². The number of anilines is 1. The molecule has 0 atom stereocenters. The maximum Gasteiger partial charge on any atom is 0.318 e. The molecule has 34 heavy (non-hydrogen) atoms. The molecule has 2 aliphatic heterocycles. The number of aromatic hydroxyl groups is 1. The van der Waals surface area contributed by atoms with Gasteiger partial charge >= 0.3 is 6.01 Å². The number of phenolic OH excluding ortho intramolecular Hbond substituents is 1. The van der Waals surface area contributed by atoms with Gasteiger partial charge < -0.3 is 19.5 Å². The highest BCUT2D eigenvalue weighted by Crippen LogP contribution is 2.43. The topological polar surface area (TPSA) is 80.6 Å². The lowest BCUT2D eigenvalue weighted by Crippen LogP contribution is -2.66. The lowest BCUT2D eigenvalue weighted by atomic mass is 9.78. The second-order valence-electron chi connectivity index (χ2n) is 9.04. The van der Waals surface area contributed by atoms with E-state index in [0.717, 1.165) is 13.1 Å². The van der Waals surface area contributed by atoms with Crippen LogP contribution in [0.2, 0.25) is 0 Å². The largest absolute Gasteiger partial charge is 0.508 e. The molecule has 2 aromatic carbocycles. The van der Waals surface area contributed by atoms with Crippen LogP contribution in [-0.2, 0) is 11.2 Å². The Labute approximate surface area is 194 Å². The minimum Gasteiger partial charge on any atom is -0.508 e. The van der Waals surface area contributed by atoms with E-state index < -0.39 is 5.82 Å². The number of aryl methyl sites for hydroxylation is 1. The Hall–Kier alpha value is -3.59. The molecule has 0 saturated carbocycles. The van der Waals surface area contributed by atoms with Crippen LogP contribution in [0.5, 0.6) is 11.8 Å². The van der Waals surface area contributed by atoms with Crippen LogP contribution in [0.4, 0.5) is 14.6 Å². The van der Waals surface area contributed by atoms with Crippen LogP contribution in [0.1, 0.15) is 12.5 Å². The predicted molar refractivity (Wildman–Crippen MR) is 123 cm³/mol. The van der Waals surface area contributed by atoms with E-state index in [1.165, 1.54) is 31.5 Å². The van der Waals surface area contributed by atoms with Crippen molar-refractivity contribution in [1.29, 1.82) is 0 Å². The van der Waals surface area contributed by atoms with Crippen molar-refractivity contribution < 1.29 is 23.4 Å². The third kappa shape index (κ3) is 3.00. The van der Waals surface area contributed by atoms with Gasteiger partial charge in [-0.05, 0) is 41.0 Å². The Morgan fingerprint density at radius 3 is 2.65 bits per heavy atom. The normalized spacial score (nSPS) is 16.6. The Kier molecular flexibility index (Phi) is 4.60. The molecule has 0 unspecified atom stereocenters. The van der Waals surface area contributed by atoms with Crippen LogP contribution in [0, 0.1) is 17.0 Å². The molecule has 174 valence electrons. The Morgan fingerprint density at radius 1 is 1.18 bits per heavy atom. The van der Waals surface area contributed by atoms with Gasteiger partial charge in [0.05, 0.1) is 31.1 Å². The van der Waals surface area contributed by atoms with E-state index in [1.54, 1.807) is 6.07 Å². The Morgan fingerprint density at radius 2 is 1.97 bits per heavy atom. The summed E-state index contributed by atoms with van der Waals surface area (Å²) in [5.74, 6) is -0.577. The number of phenols is 1. The number of pyridine rings is 1. The van der Waals surface area contributed by atoms with Crippen LogP contribution in [0.25, 0.3) is 32.9 Å². The maximum absolute atomic E-state index is 16.0. The number of rotatable bonds is 4. The fourth-order valence-corrected chi connectivity index (χ4v) is 5.06. The number of fused-ring (bicyclic) bond motifs is 2. The fourth-order valence-electron chi connectivity index (χ4n) is 5.06. The number of methoxy groups -OCH3 is 1. The van der Waals surface area contributed by atoms with Crippen LogP contribution >= 0.6 is 0 Å². The molecule has 1 spiro atoms. The van der Waals surface area contributed by atoms with Crippen molar-refractivity contribution in [3.8, 4) is 23.0 Å². The molecule has 4 heterocycles. The summed E-state index contributed by atoms with van der Waals surface area (Å²) in [4.78, 5) is 15.2. The average molecular weight is 464 g/mol. The number of hydrogen-bond donors (Lipinski definition) is 1. The van der Waals surface area contributed by atoms with Crippen molar-refractivity contribution in [3.63, 3.8) is 0 Å². The number of hydrogen-bond acceptors (Lipinski definition) is 7. The zero-order valence-electron chi connectivity index (χ0n) is 18.7. The summed E-state index contributed by atoms with van der Waals surface area (Å²) in [6, 6.07) is 5.91. The number of nitrogens with zero attached hydrogens (tertiary/aromatic N) is 4. The molecule has 7 nitrogen and oxygen atoms in total. The standard InChI is InChI=1S/C25H22F2N4O3/c1-3-15-18(26)5-4-13-6-14(32)7-16(19(13)15)21-20(27)22-17(8-28-21)23(30-24(29-22)33-2)31-9-25(10-31)11-34-12-25/h4-8,32H,3,9-12H2,1-2H3. The first-order valence-electron chi connectivity index (χ1n) is 11.1. The van der Waals surface area contributed by atoms with E-state index in [0.29, 0.717) is 52.7 Å².